The first-order valence-electron chi connectivity index (χ1n) is 6.22. The van der Waals surface area contributed by atoms with Crippen molar-refractivity contribution in [2.24, 2.45) is 11.7 Å². The molecule has 2 rings (SSSR count). The van der Waals surface area contributed by atoms with E-state index in [4.69, 9.17) is 5.73 Å². The Morgan fingerprint density at radius 3 is 2.56 bits per heavy atom. The van der Waals surface area contributed by atoms with Crippen LogP contribution in [0.15, 0.2) is 0 Å². The second kappa shape index (κ2) is 4.95. The SMILES string of the molecule is NC(=O)C1CCCN(C2CCC(=O)CC2)C1. The van der Waals surface area contributed by atoms with Gasteiger partial charge in [-0.1, -0.05) is 0 Å². The third-order valence-corrected chi connectivity index (χ3v) is 3.88. The molecule has 0 aromatic heterocycles. The van der Waals surface area contributed by atoms with Crippen LogP contribution in [0.3, 0.4) is 0 Å². The highest BCUT2D eigenvalue weighted by atomic mass is 16.1. The van der Waals surface area contributed by atoms with Crippen molar-refractivity contribution in [3.63, 3.8) is 0 Å². The molecule has 0 bridgehead atoms. The molecule has 2 aliphatic rings. The van der Waals surface area contributed by atoms with Crippen LogP contribution in [0.4, 0.5) is 0 Å². The molecule has 0 aromatic carbocycles. The van der Waals surface area contributed by atoms with Gasteiger partial charge in [0.05, 0.1) is 5.92 Å². The van der Waals surface area contributed by atoms with Crippen LogP contribution in [0, 0.1) is 5.92 Å². The van der Waals surface area contributed by atoms with Gasteiger partial charge in [-0.2, -0.15) is 0 Å². The molecule has 2 N–H and O–H groups in total. The molecular weight excluding hydrogens is 204 g/mol. The van der Waals surface area contributed by atoms with Crippen LogP contribution in [0.1, 0.15) is 38.5 Å². The van der Waals surface area contributed by atoms with Crippen molar-refractivity contribution in [2.45, 2.75) is 44.6 Å². The number of nitrogens with two attached hydrogens (primary N) is 1. The summed E-state index contributed by atoms with van der Waals surface area (Å²) >= 11 is 0. The fourth-order valence-corrected chi connectivity index (χ4v) is 2.86. The molecule has 4 heteroatoms. The first-order valence-corrected chi connectivity index (χ1v) is 6.22. The number of rotatable bonds is 2. The smallest absolute Gasteiger partial charge is 0.221 e. The molecule has 1 saturated carbocycles. The van der Waals surface area contributed by atoms with E-state index in [1.165, 1.54) is 0 Å². The summed E-state index contributed by atoms with van der Waals surface area (Å²) in [6.45, 7) is 1.86. The summed E-state index contributed by atoms with van der Waals surface area (Å²) in [5, 5.41) is 0. The number of carbonyl (C=O) groups is 2. The third-order valence-electron chi connectivity index (χ3n) is 3.88. The Kier molecular flexibility index (Phi) is 3.59. The van der Waals surface area contributed by atoms with Crippen molar-refractivity contribution in [1.29, 1.82) is 0 Å². The van der Waals surface area contributed by atoms with Gasteiger partial charge in [-0.3, -0.25) is 14.5 Å². The Balaban J connectivity index is 1.89. The monoisotopic (exact) mass is 224 g/mol. The van der Waals surface area contributed by atoms with Gasteiger partial charge in [-0.05, 0) is 32.2 Å². The van der Waals surface area contributed by atoms with E-state index < -0.39 is 0 Å². The number of primary amides is 1. The lowest BCUT2D eigenvalue weighted by molar-refractivity contribution is -0.125. The van der Waals surface area contributed by atoms with Crippen LogP contribution in [0.25, 0.3) is 0 Å². The zero-order chi connectivity index (χ0) is 11.5. The Hall–Kier alpha value is -0.900. The van der Waals surface area contributed by atoms with Crippen LogP contribution in [-0.2, 0) is 9.59 Å². The summed E-state index contributed by atoms with van der Waals surface area (Å²) in [7, 11) is 0. The molecular formula is C12H20N2O2. The van der Waals surface area contributed by atoms with E-state index in [1.54, 1.807) is 0 Å². The van der Waals surface area contributed by atoms with Crippen molar-refractivity contribution >= 4 is 11.7 Å². The fraction of sp³-hybridized carbons (Fsp3) is 0.833. The number of carbonyl (C=O) groups excluding carboxylic acids is 2. The highest BCUT2D eigenvalue weighted by molar-refractivity contribution is 5.79. The minimum atomic E-state index is -0.170. The number of amides is 1. The van der Waals surface area contributed by atoms with E-state index in [0.29, 0.717) is 24.7 Å². The highest BCUT2D eigenvalue weighted by Crippen LogP contribution is 2.25. The maximum absolute atomic E-state index is 11.2. The van der Waals surface area contributed by atoms with Crippen molar-refractivity contribution in [1.82, 2.24) is 4.90 Å². The number of Topliss-reactive ketones (excluding diaryl/α,β-unsaturated/α-hetero) is 1. The molecule has 16 heavy (non-hydrogen) atoms. The molecule has 1 atom stereocenters. The summed E-state index contributed by atoms with van der Waals surface area (Å²) in [4.78, 5) is 24.7. The predicted octanol–water partition coefficient (Wildman–Crippen LogP) is 0.695. The molecule has 90 valence electrons. The van der Waals surface area contributed by atoms with E-state index in [2.05, 4.69) is 4.90 Å². The van der Waals surface area contributed by atoms with Crippen molar-refractivity contribution in [2.75, 3.05) is 13.1 Å². The zero-order valence-corrected chi connectivity index (χ0v) is 9.65. The summed E-state index contributed by atoms with van der Waals surface area (Å²) in [5.41, 5.74) is 5.36. The predicted molar refractivity (Wildman–Crippen MR) is 60.8 cm³/mol. The van der Waals surface area contributed by atoms with E-state index >= 15 is 0 Å². The van der Waals surface area contributed by atoms with Crippen LogP contribution < -0.4 is 5.73 Å². The van der Waals surface area contributed by atoms with E-state index in [-0.39, 0.29) is 11.8 Å². The Labute approximate surface area is 96.2 Å². The Morgan fingerprint density at radius 1 is 1.25 bits per heavy atom. The topological polar surface area (TPSA) is 63.4 Å². The fourth-order valence-electron chi connectivity index (χ4n) is 2.86. The molecule has 0 radical (unpaired) electrons. The second-order valence-corrected chi connectivity index (χ2v) is 5.01. The van der Waals surface area contributed by atoms with Gasteiger partial charge >= 0.3 is 0 Å². The van der Waals surface area contributed by atoms with Gasteiger partial charge < -0.3 is 5.73 Å². The minimum absolute atomic E-state index is 0.0198. The molecule has 1 saturated heterocycles. The Bertz CT molecular complexity index is 281. The molecule has 2 fully saturated rings. The highest BCUT2D eigenvalue weighted by Gasteiger charge is 2.30. The lowest BCUT2D eigenvalue weighted by atomic mass is 9.89. The first-order chi connectivity index (χ1) is 7.66. The average molecular weight is 224 g/mol. The van der Waals surface area contributed by atoms with Crippen molar-refractivity contribution in [3.05, 3.63) is 0 Å². The normalized spacial score (nSPS) is 29.2. The number of nitrogens with zero attached hydrogens (tertiary/aromatic N) is 1. The first kappa shape index (κ1) is 11.6. The molecule has 0 spiro atoms. The molecule has 1 aliphatic carbocycles. The molecule has 4 nitrogen and oxygen atoms in total. The van der Waals surface area contributed by atoms with Gasteiger partial charge in [-0.15, -0.1) is 0 Å². The van der Waals surface area contributed by atoms with Gasteiger partial charge in [0.1, 0.15) is 5.78 Å². The molecule has 1 unspecified atom stereocenters. The van der Waals surface area contributed by atoms with Crippen LogP contribution in [-0.4, -0.2) is 35.7 Å². The van der Waals surface area contributed by atoms with Crippen molar-refractivity contribution < 1.29 is 9.59 Å². The minimum Gasteiger partial charge on any atom is -0.369 e. The number of likely N-dealkylation sites (tertiary alicyclic amines) is 1. The molecule has 1 amide bonds. The van der Waals surface area contributed by atoms with Gasteiger partial charge in [0, 0.05) is 25.4 Å². The van der Waals surface area contributed by atoms with Crippen LogP contribution in [0.5, 0.6) is 0 Å². The maximum atomic E-state index is 11.2. The van der Waals surface area contributed by atoms with E-state index in [1.807, 2.05) is 0 Å². The maximum Gasteiger partial charge on any atom is 0.221 e. The Morgan fingerprint density at radius 2 is 1.94 bits per heavy atom. The van der Waals surface area contributed by atoms with Gasteiger partial charge in [0.15, 0.2) is 0 Å². The molecule has 0 aromatic rings. The van der Waals surface area contributed by atoms with Gasteiger partial charge in [0.2, 0.25) is 5.91 Å². The van der Waals surface area contributed by atoms with Gasteiger partial charge in [-0.25, -0.2) is 0 Å². The average Bonchev–Trinajstić information content (AvgIpc) is 2.30. The van der Waals surface area contributed by atoms with E-state index in [0.717, 1.165) is 38.8 Å². The summed E-state index contributed by atoms with van der Waals surface area (Å²) in [5.74, 6) is 0.239. The van der Waals surface area contributed by atoms with Crippen LogP contribution >= 0.6 is 0 Å². The summed E-state index contributed by atoms with van der Waals surface area (Å²) in [6, 6.07) is 0.500. The van der Waals surface area contributed by atoms with E-state index in [9.17, 15) is 9.59 Å². The number of piperidine rings is 1. The largest absolute Gasteiger partial charge is 0.369 e. The number of ketones is 1. The summed E-state index contributed by atoms with van der Waals surface area (Å²) < 4.78 is 0. The molecule has 1 heterocycles. The van der Waals surface area contributed by atoms with Crippen LogP contribution in [0.2, 0.25) is 0 Å². The lowest BCUT2D eigenvalue weighted by Crippen LogP contribution is -2.47. The lowest BCUT2D eigenvalue weighted by Gasteiger charge is -2.38. The summed E-state index contributed by atoms with van der Waals surface area (Å²) in [6.07, 6.45) is 5.33. The quantitative estimate of drug-likeness (QED) is 0.750. The standard InChI is InChI=1S/C12H20N2O2/c13-12(16)9-2-1-7-14(8-9)10-3-5-11(15)6-4-10/h9-10H,1-8H2,(H2,13,16). The number of hydrogen-bond acceptors (Lipinski definition) is 3. The third kappa shape index (κ3) is 2.61. The second-order valence-electron chi connectivity index (χ2n) is 5.01. The number of hydrogen-bond donors (Lipinski definition) is 1. The molecule has 1 aliphatic heterocycles. The zero-order valence-electron chi connectivity index (χ0n) is 9.65. The van der Waals surface area contributed by atoms with Gasteiger partial charge in [0.25, 0.3) is 0 Å². The van der Waals surface area contributed by atoms with Crippen molar-refractivity contribution in [3.8, 4) is 0 Å².